The number of hydrogen-bond donors (Lipinski definition) is 1. The van der Waals surface area contributed by atoms with Gasteiger partial charge in [-0.25, -0.2) is 0 Å². The fraction of sp³-hybridized carbons (Fsp3) is 0.684. The molecule has 3 rings (SSSR count). The SMILES string of the molecule is CCCCOc1ccc(CCN2CC[C@H]3CCN[C@H]3C2)cc1. The van der Waals surface area contributed by atoms with E-state index in [4.69, 9.17) is 4.74 Å². The monoisotopic (exact) mass is 302 g/mol. The molecule has 2 fully saturated rings. The Labute approximate surface area is 135 Å². The number of likely N-dealkylation sites (tertiary alicyclic amines) is 1. The Balaban J connectivity index is 1.41. The molecule has 0 radical (unpaired) electrons. The molecule has 2 aliphatic rings. The van der Waals surface area contributed by atoms with Crippen molar-refractivity contribution in [2.24, 2.45) is 5.92 Å². The van der Waals surface area contributed by atoms with E-state index in [-0.39, 0.29) is 0 Å². The van der Waals surface area contributed by atoms with Gasteiger partial charge in [0.15, 0.2) is 0 Å². The smallest absolute Gasteiger partial charge is 0.119 e. The second kappa shape index (κ2) is 7.98. The van der Waals surface area contributed by atoms with Gasteiger partial charge in [0.2, 0.25) is 0 Å². The van der Waals surface area contributed by atoms with Gasteiger partial charge >= 0.3 is 0 Å². The third kappa shape index (κ3) is 4.23. The van der Waals surface area contributed by atoms with Gasteiger partial charge in [-0.05, 0) is 62.4 Å². The maximum atomic E-state index is 5.72. The molecule has 0 spiro atoms. The Bertz CT molecular complexity index is 445. The van der Waals surface area contributed by atoms with Gasteiger partial charge in [0, 0.05) is 19.1 Å². The first kappa shape index (κ1) is 15.8. The zero-order valence-electron chi connectivity index (χ0n) is 13.9. The van der Waals surface area contributed by atoms with Gasteiger partial charge in [0.25, 0.3) is 0 Å². The first-order valence-electron chi connectivity index (χ1n) is 9.02. The molecule has 1 N–H and O–H groups in total. The normalized spacial score (nSPS) is 25.1. The molecule has 3 nitrogen and oxygen atoms in total. The molecule has 2 saturated heterocycles. The van der Waals surface area contributed by atoms with Gasteiger partial charge in [0.05, 0.1) is 6.61 Å². The number of ether oxygens (including phenoxy) is 1. The van der Waals surface area contributed by atoms with Crippen molar-refractivity contribution in [3.8, 4) is 5.75 Å². The maximum Gasteiger partial charge on any atom is 0.119 e. The number of nitrogens with zero attached hydrogens (tertiary/aromatic N) is 1. The van der Waals surface area contributed by atoms with Gasteiger partial charge in [-0.3, -0.25) is 0 Å². The minimum absolute atomic E-state index is 0.753. The number of hydrogen-bond acceptors (Lipinski definition) is 3. The molecule has 1 aromatic rings. The summed E-state index contributed by atoms with van der Waals surface area (Å²) in [5, 5.41) is 3.66. The largest absolute Gasteiger partial charge is 0.494 e. The highest BCUT2D eigenvalue weighted by atomic mass is 16.5. The third-order valence-electron chi connectivity index (χ3n) is 5.17. The van der Waals surface area contributed by atoms with E-state index < -0.39 is 0 Å². The molecule has 0 bridgehead atoms. The predicted octanol–water partition coefficient (Wildman–Crippen LogP) is 3.09. The Morgan fingerprint density at radius 2 is 2.09 bits per heavy atom. The minimum Gasteiger partial charge on any atom is -0.494 e. The van der Waals surface area contributed by atoms with Crippen LogP contribution >= 0.6 is 0 Å². The average molecular weight is 302 g/mol. The van der Waals surface area contributed by atoms with Crippen LogP contribution in [0, 0.1) is 5.92 Å². The highest BCUT2D eigenvalue weighted by Gasteiger charge is 2.32. The van der Waals surface area contributed by atoms with Crippen LogP contribution in [-0.4, -0.2) is 43.7 Å². The maximum absolute atomic E-state index is 5.72. The van der Waals surface area contributed by atoms with Gasteiger partial charge in [-0.15, -0.1) is 0 Å². The molecular weight excluding hydrogens is 272 g/mol. The molecule has 0 aliphatic carbocycles. The molecule has 122 valence electrons. The van der Waals surface area contributed by atoms with Crippen LogP contribution in [-0.2, 0) is 6.42 Å². The molecule has 1 aromatic carbocycles. The fourth-order valence-electron chi connectivity index (χ4n) is 3.68. The Morgan fingerprint density at radius 3 is 2.91 bits per heavy atom. The van der Waals surface area contributed by atoms with Crippen molar-refractivity contribution < 1.29 is 4.74 Å². The summed E-state index contributed by atoms with van der Waals surface area (Å²) in [7, 11) is 0. The first-order valence-corrected chi connectivity index (χ1v) is 9.02. The van der Waals surface area contributed by atoms with Gasteiger partial charge in [-0.1, -0.05) is 25.5 Å². The van der Waals surface area contributed by atoms with E-state index in [9.17, 15) is 0 Å². The second-order valence-corrected chi connectivity index (χ2v) is 6.79. The Kier molecular flexibility index (Phi) is 5.74. The van der Waals surface area contributed by atoms with E-state index in [1.54, 1.807) is 0 Å². The second-order valence-electron chi connectivity index (χ2n) is 6.79. The summed E-state index contributed by atoms with van der Waals surface area (Å²) in [6, 6.07) is 9.44. The zero-order chi connectivity index (χ0) is 15.2. The van der Waals surface area contributed by atoms with E-state index in [1.165, 1.54) is 51.0 Å². The lowest BCUT2D eigenvalue weighted by Gasteiger charge is -2.34. The lowest BCUT2D eigenvalue weighted by atomic mass is 9.92. The van der Waals surface area contributed by atoms with E-state index in [0.29, 0.717) is 0 Å². The number of nitrogens with one attached hydrogen (secondary N) is 1. The van der Waals surface area contributed by atoms with Crippen molar-refractivity contribution in [3.63, 3.8) is 0 Å². The van der Waals surface area contributed by atoms with Crippen LogP contribution in [0.15, 0.2) is 24.3 Å². The lowest BCUT2D eigenvalue weighted by molar-refractivity contribution is 0.168. The summed E-state index contributed by atoms with van der Waals surface area (Å²) in [5.74, 6) is 1.95. The third-order valence-corrected chi connectivity index (χ3v) is 5.17. The summed E-state index contributed by atoms with van der Waals surface area (Å²) < 4.78 is 5.72. The van der Waals surface area contributed by atoms with Crippen LogP contribution in [0.3, 0.4) is 0 Å². The molecule has 2 atom stereocenters. The molecule has 2 heterocycles. The lowest BCUT2D eigenvalue weighted by Crippen LogP contribution is -2.46. The van der Waals surface area contributed by atoms with E-state index in [2.05, 4.69) is 41.4 Å². The topological polar surface area (TPSA) is 24.5 Å². The van der Waals surface area contributed by atoms with Crippen molar-refractivity contribution in [2.75, 3.05) is 32.8 Å². The summed E-state index contributed by atoms with van der Waals surface area (Å²) in [4.78, 5) is 2.63. The van der Waals surface area contributed by atoms with E-state index in [0.717, 1.165) is 37.2 Å². The first-order chi connectivity index (χ1) is 10.8. The van der Waals surface area contributed by atoms with Crippen molar-refractivity contribution in [1.82, 2.24) is 10.2 Å². The molecule has 0 aromatic heterocycles. The highest BCUT2D eigenvalue weighted by molar-refractivity contribution is 5.27. The number of piperidine rings is 1. The zero-order valence-corrected chi connectivity index (χ0v) is 13.9. The number of unbranched alkanes of at least 4 members (excludes halogenated alkanes) is 1. The number of rotatable bonds is 7. The van der Waals surface area contributed by atoms with E-state index in [1.807, 2.05) is 0 Å². The van der Waals surface area contributed by atoms with Crippen molar-refractivity contribution in [2.45, 2.75) is 45.1 Å². The van der Waals surface area contributed by atoms with Gasteiger partial charge in [0.1, 0.15) is 5.75 Å². The van der Waals surface area contributed by atoms with Gasteiger partial charge in [-0.2, -0.15) is 0 Å². The molecule has 0 amide bonds. The summed E-state index contributed by atoms with van der Waals surface area (Å²) in [5.41, 5.74) is 1.42. The number of benzene rings is 1. The highest BCUT2D eigenvalue weighted by Crippen LogP contribution is 2.25. The van der Waals surface area contributed by atoms with Crippen LogP contribution in [0.4, 0.5) is 0 Å². The van der Waals surface area contributed by atoms with Crippen LogP contribution in [0.5, 0.6) is 5.75 Å². The molecule has 3 heteroatoms. The van der Waals surface area contributed by atoms with Crippen LogP contribution in [0.1, 0.15) is 38.2 Å². The quantitative estimate of drug-likeness (QED) is 0.783. The van der Waals surface area contributed by atoms with Crippen LogP contribution < -0.4 is 10.1 Å². The molecule has 2 aliphatic heterocycles. The minimum atomic E-state index is 0.753. The average Bonchev–Trinajstić information content (AvgIpc) is 3.02. The predicted molar refractivity (Wildman–Crippen MR) is 91.5 cm³/mol. The molecule has 0 saturated carbocycles. The summed E-state index contributed by atoms with van der Waals surface area (Å²) >= 11 is 0. The van der Waals surface area contributed by atoms with Crippen molar-refractivity contribution in [1.29, 1.82) is 0 Å². The summed E-state index contributed by atoms with van der Waals surface area (Å²) in [6.45, 7) is 7.95. The molecular formula is C19H30N2O. The fourth-order valence-corrected chi connectivity index (χ4v) is 3.68. The van der Waals surface area contributed by atoms with Crippen molar-refractivity contribution in [3.05, 3.63) is 29.8 Å². The molecule has 0 unspecified atom stereocenters. The van der Waals surface area contributed by atoms with E-state index >= 15 is 0 Å². The number of fused-ring (bicyclic) bond motifs is 1. The Hall–Kier alpha value is -1.06. The van der Waals surface area contributed by atoms with Crippen LogP contribution in [0.2, 0.25) is 0 Å². The standard InChI is InChI=1S/C19H30N2O/c1-2-3-14-22-18-6-4-16(5-7-18)9-12-21-13-10-17-8-11-20-19(17)15-21/h4-7,17,19-20H,2-3,8-15H2,1H3/t17-,19+/m1/s1. The Morgan fingerprint density at radius 1 is 1.23 bits per heavy atom. The van der Waals surface area contributed by atoms with Crippen molar-refractivity contribution >= 4 is 0 Å². The van der Waals surface area contributed by atoms with Gasteiger partial charge < -0.3 is 15.0 Å². The molecule has 22 heavy (non-hydrogen) atoms. The van der Waals surface area contributed by atoms with Crippen LogP contribution in [0.25, 0.3) is 0 Å². The summed E-state index contributed by atoms with van der Waals surface area (Å²) in [6.07, 6.45) is 6.23.